The molecule has 1 heterocycles. The van der Waals surface area contributed by atoms with Crippen LogP contribution in [0.3, 0.4) is 0 Å². The van der Waals surface area contributed by atoms with Crippen molar-refractivity contribution in [3.05, 3.63) is 0 Å². The molecule has 0 spiro atoms. The van der Waals surface area contributed by atoms with E-state index in [4.69, 9.17) is 5.73 Å². The molecule has 0 amide bonds. The third-order valence-corrected chi connectivity index (χ3v) is 4.86. The van der Waals surface area contributed by atoms with Crippen molar-refractivity contribution < 1.29 is 0 Å². The first-order valence-corrected chi connectivity index (χ1v) is 7.69. The van der Waals surface area contributed by atoms with E-state index >= 15 is 0 Å². The minimum atomic E-state index is 0.431. The zero-order chi connectivity index (χ0) is 12.0. The Kier molecular flexibility index (Phi) is 6.16. The Morgan fingerprint density at radius 3 is 2.69 bits per heavy atom. The summed E-state index contributed by atoms with van der Waals surface area (Å²) in [5, 5.41) is 0. The molecule has 1 unspecified atom stereocenters. The van der Waals surface area contributed by atoms with E-state index < -0.39 is 0 Å². The molecule has 0 bridgehead atoms. The van der Waals surface area contributed by atoms with Crippen LogP contribution in [0.25, 0.3) is 0 Å². The monoisotopic (exact) mass is 244 g/mol. The quantitative estimate of drug-likeness (QED) is 0.746. The highest BCUT2D eigenvalue weighted by molar-refractivity contribution is 7.99. The maximum Gasteiger partial charge on any atom is 0.0191 e. The summed E-state index contributed by atoms with van der Waals surface area (Å²) in [5.41, 5.74) is 6.06. The Balaban J connectivity index is 2.14. The van der Waals surface area contributed by atoms with Crippen LogP contribution in [-0.2, 0) is 0 Å². The van der Waals surface area contributed by atoms with Gasteiger partial charge in [-0.05, 0) is 57.0 Å². The van der Waals surface area contributed by atoms with Crippen molar-refractivity contribution in [3.8, 4) is 0 Å². The lowest BCUT2D eigenvalue weighted by Crippen LogP contribution is -2.32. The SMILES string of the molecule is CN(CCCC(C)(C)CCN)C1CCSC1. The van der Waals surface area contributed by atoms with E-state index in [-0.39, 0.29) is 0 Å². The van der Waals surface area contributed by atoms with Gasteiger partial charge in [-0.15, -0.1) is 0 Å². The number of nitrogens with zero attached hydrogens (tertiary/aromatic N) is 1. The lowest BCUT2D eigenvalue weighted by atomic mass is 9.84. The van der Waals surface area contributed by atoms with Crippen LogP contribution < -0.4 is 5.73 Å². The fourth-order valence-corrected chi connectivity index (χ4v) is 3.67. The number of hydrogen-bond donors (Lipinski definition) is 1. The number of thioether (sulfide) groups is 1. The molecule has 1 fully saturated rings. The number of hydrogen-bond acceptors (Lipinski definition) is 3. The van der Waals surface area contributed by atoms with Crippen molar-refractivity contribution in [3.63, 3.8) is 0 Å². The maximum atomic E-state index is 5.63. The summed E-state index contributed by atoms with van der Waals surface area (Å²) < 4.78 is 0. The van der Waals surface area contributed by atoms with Crippen LogP contribution in [0.4, 0.5) is 0 Å². The molecule has 0 aromatic heterocycles. The molecular formula is C13H28N2S. The van der Waals surface area contributed by atoms with Crippen molar-refractivity contribution >= 4 is 11.8 Å². The molecule has 0 aromatic rings. The highest BCUT2D eigenvalue weighted by Crippen LogP contribution is 2.27. The van der Waals surface area contributed by atoms with Crippen LogP contribution in [-0.4, -0.2) is 42.6 Å². The topological polar surface area (TPSA) is 29.3 Å². The summed E-state index contributed by atoms with van der Waals surface area (Å²) in [7, 11) is 2.28. The minimum absolute atomic E-state index is 0.431. The Bertz CT molecular complexity index is 188. The second kappa shape index (κ2) is 6.87. The lowest BCUT2D eigenvalue weighted by Gasteiger charge is -2.27. The summed E-state index contributed by atoms with van der Waals surface area (Å²) in [5.74, 6) is 2.69. The molecule has 1 aliphatic heterocycles. The van der Waals surface area contributed by atoms with E-state index in [9.17, 15) is 0 Å². The Labute approximate surface area is 105 Å². The van der Waals surface area contributed by atoms with Gasteiger partial charge in [-0.3, -0.25) is 0 Å². The molecular weight excluding hydrogens is 216 g/mol. The van der Waals surface area contributed by atoms with Crippen LogP contribution in [0.5, 0.6) is 0 Å². The van der Waals surface area contributed by atoms with Gasteiger partial charge in [0.05, 0.1) is 0 Å². The van der Waals surface area contributed by atoms with Gasteiger partial charge in [0.25, 0.3) is 0 Å². The van der Waals surface area contributed by atoms with Gasteiger partial charge in [0.2, 0.25) is 0 Å². The van der Waals surface area contributed by atoms with Crippen LogP contribution >= 0.6 is 11.8 Å². The van der Waals surface area contributed by atoms with Crippen LogP contribution in [0.1, 0.15) is 39.5 Å². The average Bonchev–Trinajstić information content (AvgIpc) is 2.69. The predicted octanol–water partition coefficient (Wildman–Crippen LogP) is 2.58. The Hall–Kier alpha value is 0.270. The molecule has 1 atom stereocenters. The molecule has 1 saturated heterocycles. The largest absolute Gasteiger partial charge is 0.330 e. The molecule has 2 nitrogen and oxygen atoms in total. The molecule has 0 saturated carbocycles. The predicted molar refractivity (Wildman–Crippen MR) is 75.0 cm³/mol. The smallest absolute Gasteiger partial charge is 0.0191 e. The van der Waals surface area contributed by atoms with E-state index in [1.165, 1.54) is 37.3 Å². The minimum Gasteiger partial charge on any atom is -0.330 e. The van der Waals surface area contributed by atoms with Gasteiger partial charge < -0.3 is 10.6 Å². The van der Waals surface area contributed by atoms with E-state index in [2.05, 4.69) is 37.6 Å². The maximum absolute atomic E-state index is 5.63. The van der Waals surface area contributed by atoms with Crippen LogP contribution in [0.2, 0.25) is 0 Å². The van der Waals surface area contributed by atoms with Gasteiger partial charge in [-0.2, -0.15) is 11.8 Å². The highest BCUT2D eigenvalue weighted by Gasteiger charge is 2.21. The summed E-state index contributed by atoms with van der Waals surface area (Å²) in [6.45, 7) is 6.75. The van der Waals surface area contributed by atoms with Crippen LogP contribution in [0.15, 0.2) is 0 Å². The Morgan fingerprint density at radius 2 is 2.12 bits per heavy atom. The fraction of sp³-hybridized carbons (Fsp3) is 1.00. The second-order valence-corrected chi connectivity index (χ2v) is 6.95. The van der Waals surface area contributed by atoms with Crippen molar-refractivity contribution in [2.24, 2.45) is 11.1 Å². The van der Waals surface area contributed by atoms with Crippen molar-refractivity contribution in [2.45, 2.75) is 45.6 Å². The zero-order valence-corrected chi connectivity index (χ0v) is 12.0. The Morgan fingerprint density at radius 1 is 1.38 bits per heavy atom. The van der Waals surface area contributed by atoms with Crippen molar-refractivity contribution in [2.75, 3.05) is 31.6 Å². The third-order valence-electron chi connectivity index (χ3n) is 3.71. The average molecular weight is 244 g/mol. The van der Waals surface area contributed by atoms with E-state index in [1.807, 2.05) is 0 Å². The van der Waals surface area contributed by atoms with Gasteiger partial charge in [-0.25, -0.2) is 0 Å². The van der Waals surface area contributed by atoms with Crippen LogP contribution in [0, 0.1) is 5.41 Å². The summed E-state index contributed by atoms with van der Waals surface area (Å²) in [4.78, 5) is 2.55. The molecule has 96 valence electrons. The van der Waals surface area contributed by atoms with Gasteiger partial charge in [0, 0.05) is 11.8 Å². The standard InChI is InChI=1S/C13H28N2S/c1-13(2,7-8-14)6-4-9-15(3)12-5-10-16-11-12/h12H,4-11,14H2,1-3H3. The number of nitrogens with two attached hydrogens (primary N) is 1. The van der Waals surface area contributed by atoms with Crippen molar-refractivity contribution in [1.82, 2.24) is 4.90 Å². The molecule has 0 radical (unpaired) electrons. The molecule has 0 aromatic carbocycles. The normalized spacial score (nSPS) is 21.9. The van der Waals surface area contributed by atoms with Gasteiger partial charge in [0.15, 0.2) is 0 Å². The first-order chi connectivity index (χ1) is 7.55. The third kappa shape index (κ3) is 5.07. The van der Waals surface area contributed by atoms with E-state index in [0.717, 1.165) is 19.0 Å². The first kappa shape index (κ1) is 14.3. The molecule has 1 aliphatic rings. The van der Waals surface area contributed by atoms with E-state index in [0.29, 0.717) is 5.41 Å². The first-order valence-electron chi connectivity index (χ1n) is 6.53. The number of rotatable bonds is 7. The summed E-state index contributed by atoms with van der Waals surface area (Å²) >= 11 is 2.10. The molecule has 1 rings (SSSR count). The highest BCUT2D eigenvalue weighted by atomic mass is 32.2. The van der Waals surface area contributed by atoms with E-state index in [1.54, 1.807) is 0 Å². The zero-order valence-electron chi connectivity index (χ0n) is 11.2. The second-order valence-electron chi connectivity index (χ2n) is 5.80. The van der Waals surface area contributed by atoms with Gasteiger partial charge in [-0.1, -0.05) is 13.8 Å². The molecule has 16 heavy (non-hydrogen) atoms. The van der Waals surface area contributed by atoms with Crippen molar-refractivity contribution in [1.29, 1.82) is 0 Å². The summed E-state index contributed by atoms with van der Waals surface area (Å²) in [6.07, 6.45) is 5.14. The lowest BCUT2D eigenvalue weighted by molar-refractivity contribution is 0.228. The molecule has 0 aliphatic carbocycles. The van der Waals surface area contributed by atoms with Gasteiger partial charge >= 0.3 is 0 Å². The molecule has 2 N–H and O–H groups in total. The summed E-state index contributed by atoms with van der Waals surface area (Å²) in [6, 6.07) is 0.836. The fourth-order valence-electron chi connectivity index (χ4n) is 2.38. The van der Waals surface area contributed by atoms with Gasteiger partial charge in [0.1, 0.15) is 0 Å². The molecule has 3 heteroatoms.